The number of nitrogens with zero attached hydrogens (tertiary/aromatic N) is 4. The van der Waals surface area contributed by atoms with Crippen LogP contribution in [0.5, 0.6) is 0 Å². The highest BCUT2D eigenvalue weighted by Crippen LogP contribution is 2.47. The minimum Gasteiger partial charge on any atom is -0.415 e. The summed E-state index contributed by atoms with van der Waals surface area (Å²) in [6.07, 6.45) is -11.0. The lowest BCUT2D eigenvalue weighted by atomic mass is 9.94. The fourth-order valence-electron chi connectivity index (χ4n) is 4.25. The number of pyridine rings is 1. The number of aromatic nitrogens is 3. The number of anilines is 1. The van der Waals surface area contributed by atoms with Crippen LogP contribution in [0.25, 0.3) is 11.6 Å². The van der Waals surface area contributed by atoms with Crippen molar-refractivity contribution < 1.29 is 45.5 Å². The number of halogens is 6. The Hall–Kier alpha value is -4.05. The normalized spacial score (nSPS) is 21.9. The standard InChI is InChI=1S/C25H23F6N5O5/c1-22(2)12-15(37)9-6-10-23(25(29,30)31,40-13-14-7-4-3-5-8-14)21-35-34-20(41-21)18-17(36(38)39)11-16(24(26,27)28)19(32-18)33-22/h3-9,11,15,37H,10,12-13H2,1-2H3,(H,32,33)/b9-6+/t15?,23-/m1/s1. The minimum atomic E-state index is -5.20. The largest absolute Gasteiger partial charge is 0.426 e. The van der Waals surface area contributed by atoms with Gasteiger partial charge in [-0.1, -0.05) is 42.5 Å². The summed E-state index contributed by atoms with van der Waals surface area (Å²) in [5.41, 5.74) is -7.92. The molecule has 0 saturated carbocycles. The molecule has 0 amide bonds. The van der Waals surface area contributed by atoms with Crippen molar-refractivity contribution >= 4 is 11.5 Å². The third-order valence-electron chi connectivity index (χ3n) is 6.20. The van der Waals surface area contributed by atoms with Gasteiger partial charge in [0, 0.05) is 18.0 Å². The van der Waals surface area contributed by atoms with Crippen molar-refractivity contribution in [1.82, 2.24) is 15.2 Å². The highest BCUT2D eigenvalue weighted by atomic mass is 19.4. The molecular weight excluding hydrogens is 564 g/mol. The Labute approximate surface area is 228 Å². The first-order valence-electron chi connectivity index (χ1n) is 12.0. The molecule has 4 rings (SSSR count). The monoisotopic (exact) mass is 587 g/mol. The van der Waals surface area contributed by atoms with Crippen LogP contribution < -0.4 is 5.32 Å². The lowest BCUT2D eigenvalue weighted by molar-refractivity contribution is -0.384. The summed E-state index contributed by atoms with van der Waals surface area (Å²) in [5.74, 6) is -2.99. The summed E-state index contributed by atoms with van der Waals surface area (Å²) in [4.78, 5) is 14.3. The van der Waals surface area contributed by atoms with Gasteiger partial charge < -0.3 is 19.6 Å². The van der Waals surface area contributed by atoms with Crippen LogP contribution in [0.3, 0.4) is 0 Å². The van der Waals surface area contributed by atoms with Gasteiger partial charge in [-0.05, 0) is 25.8 Å². The fraction of sp³-hybridized carbons (Fsp3) is 0.400. The van der Waals surface area contributed by atoms with Gasteiger partial charge in [-0.3, -0.25) is 10.1 Å². The summed E-state index contributed by atoms with van der Waals surface area (Å²) < 4.78 is 96.6. The van der Waals surface area contributed by atoms with Crippen molar-refractivity contribution in [2.24, 2.45) is 0 Å². The summed E-state index contributed by atoms with van der Waals surface area (Å²) in [7, 11) is 0. The number of rotatable bonds is 4. The van der Waals surface area contributed by atoms with Gasteiger partial charge in [0.25, 0.3) is 11.8 Å². The van der Waals surface area contributed by atoms with Crippen molar-refractivity contribution in [2.45, 2.75) is 62.9 Å². The van der Waals surface area contributed by atoms with Gasteiger partial charge in [-0.15, -0.1) is 10.2 Å². The second kappa shape index (κ2) is 10.7. The minimum absolute atomic E-state index is 0.176. The van der Waals surface area contributed by atoms with Gasteiger partial charge in [0.15, 0.2) is 0 Å². The Kier molecular flexibility index (Phi) is 7.84. The summed E-state index contributed by atoms with van der Waals surface area (Å²) >= 11 is 0. The molecule has 16 heteroatoms. The van der Waals surface area contributed by atoms with E-state index in [1.807, 2.05) is 0 Å². The first-order valence-corrected chi connectivity index (χ1v) is 12.0. The molecule has 1 unspecified atom stereocenters. The van der Waals surface area contributed by atoms with Crippen molar-refractivity contribution in [3.8, 4) is 11.6 Å². The van der Waals surface area contributed by atoms with E-state index in [9.17, 15) is 41.6 Å². The molecular formula is C25H23F6N5O5. The van der Waals surface area contributed by atoms with E-state index in [0.717, 1.165) is 12.2 Å². The molecule has 0 spiro atoms. The van der Waals surface area contributed by atoms with Gasteiger partial charge in [-0.25, -0.2) is 4.98 Å². The average molecular weight is 587 g/mol. The molecule has 220 valence electrons. The van der Waals surface area contributed by atoms with Crippen LogP contribution in [0.1, 0.15) is 43.7 Å². The van der Waals surface area contributed by atoms with E-state index < -0.39 is 82.1 Å². The zero-order valence-electron chi connectivity index (χ0n) is 21.5. The SMILES string of the molecule is CC1(C)CC(O)/C=C/C[C@](OCc2ccccc2)(C(F)(F)F)c2nnc(o2)-c2nc(c(C(F)(F)F)cc2[N+](=O)[O-])N1. The van der Waals surface area contributed by atoms with E-state index >= 15 is 0 Å². The van der Waals surface area contributed by atoms with Crippen LogP contribution >= 0.6 is 0 Å². The van der Waals surface area contributed by atoms with Crippen LogP contribution in [0.4, 0.5) is 37.8 Å². The molecule has 2 atom stereocenters. The molecule has 0 fully saturated rings. The van der Waals surface area contributed by atoms with E-state index in [-0.39, 0.29) is 12.5 Å². The maximum Gasteiger partial charge on any atom is 0.426 e. The summed E-state index contributed by atoms with van der Waals surface area (Å²) in [6.45, 7) is 2.24. The van der Waals surface area contributed by atoms with Crippen LogP contribution in [-0.2, 0) is 23.1 Å². The number of ether oxygens (including phenoxy) is 1. The van der Waals surface area contributed by atoms with Gasteiger partial charge in [0.05, 0.1) is 17.6 Å². The summed E-state index contributed by atoms with van der Waals surface area (Å²) in [6, 6.07) is 8.01. The number of hydrogen-bond donors (Lipinski definition) is 2. The smallest absolute Gasteiger partial charge is 0.415 e. The topological polar surface area (TPSA) is 136 Å². The zero-order chi connectivity index (χ0) is 30.2. The van der Waals surface area contributed by atoms with Crippen molar-refractivity contribution in [3.63, 3.8) is 0 Å². The van der Waals surface area contributed by atoms with Crippen LogP contribution in [0.2, 0.25) is 0 Å². The molecule has 2 aromatic heterocycles. The number of fused-ring (bicyclic) bond motifs is 5. The molecule has 3 aromatic rings. The Bertz CT molecular complexity index is 1440. The second-order valence-corrected chi connectivity index (χ2v) is 9.93. The maximum absolute atomic E-state index is 14.8. The number of nitrogens with one attached hydrogen (secondary N) is 1. The Morgan fingerprint density at radius 3 is 2.46 bits per heavy atom. The number of alkyl halides is 6. The molecule has 0 radical (unpaired) electrons. The highest BCUT2D eigenvalue weighted by Gasteiger charge is 2.61. The Morgan fingerprint density at radius 1 is 1.17 bits per heavy atom. The van der Waals surface area contributed by atoms with E-state index in [1.54, 1.807) is 18.2 Å². The highest BCUT2D eigenvalue weighted by molar-refractivity contribution is 5.68. The number of nitro groups is 1. The molecule has 2 N–H and O–H groups in total. The molecule has 0 saturated heterocycles. The number of aliphatic hydroxyl groups excluding tert-OH is 1. The Morgan fingerprint density at radius 2 is 1.85 bits per heavy atom. The lowest BCUT2D eigenvalue weighted by Gasteiger charge is -2.32. The lowest BCUT2D eigenvalue weighted by Crippen LogP contribution is -2.45. The molecule has 10 nitrogen and oxygen atoms in total. The average Bonchev–Trinajstić information content (AvgIpc) is 3.34. The molecule has 41 heavy (non-hydrogen) atoms. The van der Waals surface area contributed by atoms with Crippen LogP contribution in [0, 0.1) is 10.1 Å². The van der Waals surface area contributed by atoms with E-state index in [2.05, 4.69) is 20.5 Å². The zero-order valence-corrected chi connectivity index (χ0v) is 21.5. The van der Waals surface area contributed by atoms with Gasteiger partial charge >= 0.3 is 18.0 Å². The van der Waals surface area contributed by atoms with E-state index in [4.69, 9.17) is 9.15 Å². The van der Waals surface area contributed by atoms with Crippen LogP contribution in [-0.4, -0.2) is 43.0 Å². The second-order valence-electron chi connectivity index (χ2n) is 9.93. The van der Waals surface area contributed by atoms with E-state index in [1.165, 1.54) is 26.0 Å². The molecule has 1 aliphatic rings. The predicted molar refractivity (Wildman–Crippen MR) is 130 cm³/mol. The van der Waals surface area contributed by atoms with Crippen LogP contribution in [0.15, 0.2) is 53.0 Å². The molecule has 4 bridgehead atoms. The Balaban J connectivity index is 1.96. The van der Waals surface area contributed by atoms with Gasteiger partial charge in [0.2, 0.25) is 11.3 Å². The summed E-state index contributed by atoms with van der Waals surface area (Å²) in [5, 5.41) is 31.7. The number of aliphatic hydroxyl groups is 1. The molecule has 1 aliphatic heterocycles. The van der Waals surface area contributed by atoms with Crippen molar-refractivity contribution in [3.05, 3.63) is 75.7 Å². The molecule has 3 heterocycles. The van der Waals surface area contributed by atoms with Crippen molar-refractivity contribution in [2.75, 3.05) is 5.32 Å². The first kappa shape index (κ1) is 29.9. The van der Waals surface area contributed by atoms with Gasteiger partial charge in [0.1, 0.15) is 11.4 Å². The third kappa shape index (κ3) is 6.32. The number of hydrogen-bond acceptors (Lipinski definition) is 9. The maximum atomic E-state index is 14.8. The molecule has 1 aromatic carbocycles. The predicted octanol–water partition coefficient (Wildman–Crippen LogP) is 5.93. The first-order chi connectivity index (χ1) is 19.0. The third-order valence-corrected chi connectivity index (χ3v) is 6.20. The van der Waals surface area contributed by atoms with Crippen molar-refractivity contribution in [1.29, 1.82) is 0 Å². The fourth-order valence-corrected chi connectivity index (χ4v) is 4.25. The van der Waals surface area contributed by atoms with Gasteiger partial charge in [-0.2, -0.15) is 26.3 Å². The quantitative estimate of drug-likeness (QED) is 0.165. The molecule has 0 aliphatic carbocycles. The van der Waals surface area contributed by atoms with E-state index in [0.29, 0.717) is 5.56 Å². The number of benzene rings is 1.